The first-order chi connectivity index (χ1) is 6.83. The highest BCUT2D eigenvalue weighted by Crippen LogP contribution is 2.03. The molecule has 0 aliphatic rings. The predicted molar refractivity (Wildman–Crippen MR) is 56.4 cm³/mol. The van der Waals surface area contributed by atoms with Crippen LogP contribution in [0.3, 0.4) is 0 Å². The fraction of sp³-hybridized carbons (Fsp3) is 0.500. The van der Waals surface area contributed by atoms with Gasteiger partial charge in [0.15, 0.2) is 0 Å². The van der Waals surface area contributed by atoms with Crippen molar-refractivity contribution in [3.63, 3.8) is 0 Å². The van der Waals surface area contributed by atoms with E-state index in [2.05, 4.69) is 15.5 Å². The van der Waals surface area contributed by atoms with Gasteiger partial charge in [0.1, 0.15) is 5.82 Å². The van der Waals surface area contributed by atoms with Crippen molar-refractivity contribution >= 4 is 23.5 Å². The van der Waals surface area contributed by atoms with Crippen molar-refractivity contribution in [2.75, 3.05) is 30.5 Å². The molecule has 5 nitrogen and oxygen atoms in total. The van der Waals surface area contributed by atoms with Crippen LogP contribution in [0.25, 0.3) is 0 Å². The van der Waals surface area contributed by atoms with Crippen LogP contribution in [0.2, 0.25) is 0 Å². The molecule has 1 aromatic heterocycles. The number of aromatic nitrogens is 2. The molecule has 0 spiro atoms. The zero-order valence-electron chi connectivity index (χ0n) is 7.95. The zero-order chi connectivity index (χ0) is 10.2. The molecule has 6 heteroatoms. The van der Waals surface area contributed by atoms with E-state index in [0.29, 0.717) is 18.2 Å². The third-order valence-electron chi connectivity index (χ3n) is 1.44. The van der Waals surface area contributed by atoms with E-state index in [9.17, 15) is 4.79 Å². The van der Waals surface area contributed by atoms with E-state index in [1.54, 1.807) is 19.4 Å². The summed E-state index contributed by atoms with van der Waals surface area (Å²) in [4.78, 5) is 11.3. The Morgan fingerprint density at radius 1 is 1.79 bits per heavy atom. The van der Waals surface area contributed by atoms with Crippen molar-refractivity contribution in [2.45, 2.75) is 0 Å². The summed E-state index contributed by atoms with van der Waals surface area (Å²) in [5.41, 5.74) is 0. The molecule has 0 saturated carbocycles. The van der Waals surface area contributed by atoms with Gasteiger partial charge >= 0.3 is 0 Å². The number of amides is 1. The SMILES string of the molecule is COCCSCC(=O)Nc1ccn[nH]1. The summed E-state index contributed by atoms with van der Waals surface area (Å²) in [5, 5.41) is 9.05. The number of H-pyrrole nitrogens is 1. The molecular formula is C8H13N3O2S. The second-order valence-electron chi connectivity index (χ2n) is 2.56. The number of thioether (sulfide) groups is 1. The minimum atomic E-state index is -0.0321. The van der Waals surface area contributed by atoms with Crippen molar-refractivity contribution in [1.82, 2.24) is 10.2 Å². The average molecular weight is 215 g/mol. The third-order valence-corrected chi connectivity index (χ3v) is 2.36. The molecule has 0 aromatic carbocycles. The first-order valence-electron chi connectivity index (χ1n) is 4.19. The number of carbonyl (C=O) groups excluding carboxylic acids is 1. The number of anilines is 1. The first kappa shape index (κ1) is 11.1. The lowest BCUT2D eigenvalue weighted by molar-refractivity contribution is -0.113. The topological polar surface area (TPSA) is 67.0 Å². The molecule has 1 amide bonds. The zero-order valence-corrected chi connectivity index (χ0v) is 8.76. The van der Waals surface area contributed by atoms with Crippen molar-refractivity contribution in [1.29, 1.82) is 0 Å². The molecule has 0 aliphatic heterocycles. The van der Waals surface area contributed by atoms with Gasteiger partial charge in [0.25, 0.3) is 0 Å². The molecule has 78 valence electrons. The number of nitrogens with zero attached hydrogens (tertiary/aromatic N) is 1. The molecule has 0 bridgehead atoms. The lowest BCUT2D eigenvalue weighted by atomic mass is 10.6. The van der Waals surface area contributed by atoms with E-state index in [0.717, 1.165) is 5.75 Å². The lowest BCUT2D eigenvalue weighted by Crippen LogP contribution is -2.15. The number of aromatic amines is 1. The highest BCUT2D eigenvalue weighted by atomic mass is 32.2. The van der Waals surface area contributed by atoms with Gasteiger partial charge < -0.3 is 10.1 Å². The van der Waals surface area contributed by atoms with Crippen LogP contribution in [0, 0.1) is 0 Å². The summed E-state index contributed by atoms with van der Waals surface area (Å²) in [6, 6.07) is 1.71. The number of methoxy groups -OCH3 is 1. The highest BCUT2D eigenvalue weighted by molar-refractivity contribution is 7.99. The number of rotatable bonds is 6. The van der Waals surface area contributed by atoms with Gasteiger partial charge in [-0.1, -0.05) is 0 Å². The Hall–Kier alpha value is -1.01. The standard InChI is InChI=1S/C8H13N3O2S/c1-13-4-5-14-6-8(12)10-7-2-3-9-11-7/h2-3H,4-6H2,1H3,(H2,9,10,11,12). The van der Waals surface area contributed by atoms with Crippen LogP contribution in [-0.4, -0.2) is 41.3 Å². The number of ether oxygens (including phenoxy) is 1. The molecule has 0 unspecified atom stereocenters. The summed E-state index contributed by atoms with van der Waals surface area (Å²) < 4.78 is 4.86. The fourth-order valence-corrected chi connectivity index (χ4v) is 1.51. The minimum Gasteiger partial charge on any atom is -0.384 e. The quantitative estimate of drug-likeness (QED) is 0.686. The second kappa shape index (κ2) is 6.44. The molecule has 1 aromatic rings. The van der Waals surface area contributed by atoms with Crippen LogP contribution < -0.4 is 5.32 Å². The fourth-order valence-electron chi connectivity index (χ4n) is 0.819. The van der Waals surface area contributed by atoms with Crippen molar-refractivity contribution < 1.29 is 9.53 Å². The van der Waals surface area contributed by atoms with Crippen LogP contribution in [0.15, 0.2) is 12.3 Å². The van der Waals surface area contributed by atoms with Gasteiger partial charge in [0.2, 0.25) is 5.91 Å². The van der Waals surface area contributed by atoms with E-state index in [4.69, 9.17) is 4.74 Å². The van der Waals surface area contributed by atoms with E-state index in [1.165, 1.54) is 11.8 Å². The highest BCUT2D eigenvalue weighted by Gasteiger charge is 2.02. The van der Waals surface area contributed by atoms with Crippen LogP contribution in [0.4, 0.5) is 5.82 Å². The maximum Gasteiger partial charge on any atom is 0.235 e. The van der Waals surface area contributed by atoms with Crippen LogP contribution in [0.5, 0.6) is 0 Å². The minimum absolute atomic E-state index is 0.0321. The van der Waals surface area contributed by atoms with Crippen molar-refractivity contribution in [3.8, 4) is 0 Å². The van der Waals surface area contributed by atoms with E-state index in [1.807, 2.05) is 0 Å². The molecule has 1 heterocycles. The molecule has 0 fully saturated rings. The molecule has 1 rings (SSSR count). The number of hydrogen-bond donors (Lipinski definition) is 2. The molecule has 14 heavy (non-hydrogen) atoms. The Bertz CT molecular complexity index is 264. The molecule has 0 radical (unpaired) electrons. The summed E-state index contributed by atoms with van der Waals surface area (Å²) in [6.45, 7) is 0.669. The van der Waals surface area contributed by atoms with Crippen LogP contribution >= 0.6 is 11.8 Å². The molecule has 2 N–H and O–H groups in total. The Kier molecular flexibility index (Phi) is 5.09. The Balaban J connectivity index is 2.11. The largest absolute Gasteiger partial charge is 0.384 e. The van der Waals surface area contributed by atoms with Crippen LogP contribution in [0.1, 0.15) is 0 Å². The van der Waals surface area contributed by atoms with Crippen molar-refractivity contribution in [2.24, 2.45) is 0 Å². The Morgan fingerprint density at radius 2 is 2.64 bits per heavy atom. The molecule has 0 saturated heterocycles. The van der Waals surface area contributed by atoms with Gasteiger partial charge in [-0.15, -0.1) is 11.8 Å². The maximum atomic E-state index is 11.3. The number of hydrogen-bond acceptors (Lipinski definition) is 4. The lowest BCUT2D eigenvalue weighted by Gasteiger charge is -2.01. The van der Waals surface area contributed by atoms with Gasteiger partial charge in [-0.2, -0.15) is 5.10 Å². The summed E-state index contributed by atoms with van der Waals surface area (Å²) in [6.07, 6.45) is 1.59. The van der Waals surface area contributed by atoms with Gasteiger partial charge in [-0.25, -0.2) is 0 Å². The molecule has 0 aliphatic carbocycles. The predicted octanol–water partition coefficient (Wildman–Crippen LogP) is 0.728. The molecular weight excluding hydrogens is 202 g/mol. The summed E-state index contributed by atoms with van der Waals surface area (Å²) in [7, 11) is 1.64. The van der Waals surface area contributed by atoms with Gasteiger partial charge in [-0.3, -0.25) is 9.89 Å². The monoisotopic (exact) mass is 215 g/mol. The second-order valence-corrected chi connectivity index (χ2v) is 3.67. The normalized spacial score (nSPS) is 10.1. The number of nitrogens with one attached hydrogen (secondary N) is 2. The Labute approximate surface area is 86.6 Å². The number of carbonyl (C=O) groups is 1. The van der Waals surface area contributed by atoms with E-state index in [-0.39, 0.29) is 5.91 Å². The maximum absolute atomic E-state index is 11.3. The molecule has 0 atom stereocenters. The van der Waals surface area contributed by atoms with E-state index >= 15 is 0 Å². The van der Waals surface area contributed by atoms with Gasteiger partial charge in [0, 0.05) is 18.9 Å². The smallest absolute Gasteiger partial charge is 0.235 e. The van der Waals surface area contributed by atoms with Gasteiger partial charge in [-0.05, 0) is 0 Å². The average Bonchev–Trinajstić information content (AvgIpc) is 2.65. The van der Waals surface area contributed by atoms with Crippen molar-refractivity contribution in [3.05, 3.63) is 12.3 Å². The Morgan fingerprint density at radius 3 is 3.29 bits per heavy atom. The van der Waals surface area contributed by atoms with Crippen LogP contribution in [-0.2, 0) is 9.53 Å². The first-order valence-corrected chi connectivity index (χ1v) is 5.34. The third kappa shape index (κ3) is 4.29. The summed E-state index contributed by atoms with van der Waals surface area (Å²) >= 11 is 1.54. The summed E-state index contributed by atoms with van der Waals surface area (Å²) in [5.74, 6) is 1.85. The van der Waals surface area contributed by atoms with Gasteiger partial charge in [0.05, 0.1) is 18.6 Å². The van der Waals surface area contributed by atoms with E-state index < -0.39 is 0 Å².